The minimum absolute atomic E-state index is 0.0816. The van der Waals surface area contributed by atoms with Crippen LogP contribution in [0.4, 0.5) is 11.5 Å². The van der Waals surface area contributed by atoms with E-state index in [4.69, 9.17) is 4.98 Å². The lowest BCUT2D eigenvalue weighted by Crippen LogP contribution is -2.23. The van der Waals surface area contributed by atoms with Gasteiger partial charge in [0.05, 0.1) is 4.92 Å². The lowest BCUT2D eigenvalue weighted by molar-refractivity contribution is -0.384. The van der Waals surface area contributed by atoms with Crippen LogP contribution < -0.4 is 5.32 Å². The van der Waals surface area contributed by atoms with Crippen LogP contribution in [0.3, 0.4) is 0 Å². The number of nitro benzene ring substituents is 1. The van der Waals surface area contributed by atoms with Gasteiger partial charge in [0.15, 0.2) is 0 Å². The topological polar surface area (TPSA) is 72.5 Å². The molecule has 25 heavy (non-hydrogen) atoms. The van der Waals surface area contributed by atoms with Gasteiger partial charge in [-0.2, -0.15) is 0 Å². The molecule has 0 bridgehead atoms. The Labute approximate surface area is 145 Å². The Bertz CT molecular complexity index is 913. The first kappa shape index (κ1) is 15.6. The Kier molecular flexibility index (Phi) is 4.09. The third-order valence-electron chi connectivity index (χ3n) is 4.81. The second-order valence-electron chi connectivity index (χ2n) is 6.52. The molecule has 6 nitrogen and oxygen atoms in total. The standard InChI is InChI=1S/C19H20N4O2/c24-23(25)16-10-6-7-14(13-16)18-19(20-15-8-2-1-3-9-15)22-12-5-4-11-17(22)21-18/h4-7,10-13,15,20H,1-3,8-9H2. The smallest absolute Gasteiger partial charge is 0.270 e. The van der Waals surface area contributed by atoms with Crippen LogP contribution in [0.5, 0.6) is 0 Å². The summed E-state index contributed by atoms with van der Waals surface area (Å²) in [6, 6.07) is 13.0. The van der Waals surface area contributed by atoms with Crippen LogP contribution in [-0.4, -0.2) is 20.3 Å². The first-order valence-corrected chi connectivity index (χ1v) is 8.71. The summed E-state index contributed by atoms with van der Waals surface area (Å²) in [6.45, 7) is 0. The summed E-state index contributed by atoms with van der Waals surface area (Å²) in [5.41, 5.74) is 2.44. The van der Waals surface area contributed by atoms with E-state index in [2.05, 4.69) is 5.32 Å². The first-order valence-electron chi connectivity index (χ1n) is 8.71. The summed E-state index contributed by atoms with van der Waals surface area (Å²) in [6.07, 6.45) is 8.04. The van der Waals surface area contributed by atoms with Crippen molar-refractivity contribution in [2.24, 2.45) is 0 Å². The Hall–Kier alpha value is -2.89. The van der Waals surface area contributed by atoms with Gasteiger partial charge in [-0.25, -0.2) is 4.98 Å². The predicted octanol–water partition coefficient (Wildman–Crippen LogP) is 4.65. The SMILES string of the molecule is O=[N+]([O-])c1cccc(-c2nc3ccccn3c2NC2CCCCC2)c1. The lowest BCUT2D eigenvalue weighted by Gasteiger charge is -2.24. The Morgan fingerprint density at radius 3 is 2.76 bits per heavy atom. The quantitative estimate of drug-likeness (QED) is 0.556. The molecule has 1 aliphatic carbocycles. The van der Waals surface area contributed by atoms with Crippen molar-refractivity contribution in [3.8, 4) is 11.3 Å². The summed E-state index contributed by atoms with van der Waals surface area (Å²) in [7, 11) is 0. The van der Waals surface area contributed by atoms with Crippen molar-refractivity contribution in [1.82, 2.24) is 9.38 Å². The molecule has 2 aromatic heterocycles. The molecule has 2 heterocycles. The van der Waals surface area contributed by atoms with E-state index >= 15 is 0 Å². The van der Waals surface area contributed by atoms with Gasteiger partial charge >= 0.3 is 0 Å². The highest BCUT2D eigenvalue weighted by Crippen LogP contribution is 2.32. The zero-order chi connectivity index (χ0) is 17.2. The van der Waals surface area contributed by atoms with Gasteiger partial charge in [-0.05, 0) is 25.0 Å². The number of nitrogens with one attached hydrogen (secondary N) is 1. The zero-order valence-corrected chi connectivity index (χ0v) is 13.9. The van der Waals surface area contributed by atoms with Crippen molar-refractivity contribution >= 4 is 17.2 Å². The molecule has 1 fully saturated rings. The number of non-ortho nitro benzene ring substituents is 1. The number of imidazole rings is 1. The van der Waals surface area contributed by atoms with Crippen LogP contribution in [0, 0.1) is 10.1 Å². The molecule has 0 amide bonds. The van der Waals surface area contributed by atoms with Gasteiger partial charge in [-0.15, -0.1) is 0 Å². The Morgan fingerprint density at radius 2 is 1.96 bits per heavy atom. The molecule has 0 unspecified atom stereocenters. The molecule has 1 saturated carbocycles. The number of benzene rings is 1. The van der Waals surface area contributed by atoms with Crippen LogP contribution >= 0.6 is 0 Å². The summed E-state index contributed by atoms with van der Waals surface area (Å²) in [5, 5.41) is 14.8. The molecule has 128 valence electrons. The van der Waals surface area contributed by atoms with Crippen molar-refractivity contribution < 1.29 is 4.92 Å². The number of anilines is 1. The van der Waals surface area contributed by atoms with Gasteiger partial charge in [0.25, 0.3) is 5.69 Å². The lowest BCUT2D eigenvalue weighted by atomic mass is 9.95. The molecular weight excluding hydrogens is 316 g/mol. The highest BCUT2D eigenvalue weighted by molar-refractivity contribution is 5.77. The number of pyridine rings is 1. The molecule has 1 aliphatic rings. The second kappa shape index (κ2) is 6.55. The minimum Gasteiger partial charge on any atom is -0.367 e. The van der Waals surface area contributed by atoms with Crippen molar-refractivity contribution in [1.29, 1.82) is 0 Å². The van der Waals surface area contributed by atoms with Crippen LogP contribution in [0.25, 0.3) is 16.9 Å². The Morgan fingerprint density at radius 1 is 1.12 bits per heavy atom. The summed E-state index contributed by atoms with van der Waals surface area (Å²) < 4.78 is 2.03. The molecule has 0 saturated heterocycles. The van der Waals surface area contributed by atoms with E-state index in [1.807, 2.05) is 34.9 Å². The average Bonchev–Trinajstić information content (AvgIpc) is 3.01. The number of aromatic nitrogens is 2. The van der Waals surface area contributed by atoms with Gasteiger partial charge in [0.2, 0.25) is 0 Å². The van der Waals surface area contributed by atoms with Crippen molar-refractivity contribution in [2.45, 2.75) is 38.1 Å². The van der Waals surface area contributed by atoms with Crippen LogP contribution in [0.15, 0.2) is 48.7 Å². The number of fused-ring (bicyclic) bond motifs is 1. The molecule has 1 aromatic carbocycles. The van der Waals surface area contributed by atoms with E-state index < -0.39 is 0 Å². The van der Waals surface area contributed by atoms with Gasteiger partial charge < -0.3 is 5.32 Å². The molecule has 0 aliphatic heterocycles. The van der Waals surface area contributed by atoms with Gasteiger partial charge in [0, 0.05) is 29.9 Å². The zero-order valence-electron chi connectivity index (χ0n) is 13.9. The molecule has 0 atom stereocenters. The number of nitrogens with zero attached hydrogens (tertiary/aromatic N) is 3. The molecular formula is C19H20N4O2. The monoisotopic (exact) mass is 336 g/mol. The fourth-order valence-corrected chi connectivity index (χ4v) is 3.54. The minimum atomic E-state index is -0.368. The summed E-state index contributed by atoms with van der Waals surface area (Å²) >= 11 is 0. The van der Waals surface area contributed by atoms with E-state index in [9.17, 15) is 10.1 Å². The summed E-state index contributed by atoms with van der Waals surface area (Å²) in [4.78, 5) is 15.5. The predicted molar refractivity (Wildman–Crippen MR) is 97.8 cm³/mol. The van der Waals surface area contributed by atoms with Crippen LogP contribution in [0.2, 0.25) is 0 Å². The fourth-order valence-electron chi connectivity index (χ4n) is 3.54. The maximum atomic E-state index is 11.1. The molecule has 0 radical (unpaired) electrons. The van der Waals surface area contributed by atoms with Crippen LogP contribution in [-0.2, 0) is 0 Å². The third-order valence-corrected chi connectivity index (χ3v) is 4.81. The fraction of sp³-hybridized carbons (Fsp3) is 0.316. The number of nitro groups is 1. The van der Waals surface area contributed by atoms with Gasteiger partial charge in [-0.1, -0.05) is 37.5 Å². The normalized spacial score (nSPS) is 15.4. The third kappa shape index (κ3) is 3.07. The number of hydrogen-bond donors (Lipinski definition) is 1. The maximum Gasteiger partial charge on any atom is 0.270 e. The highest BCUT2D eigenvalue weighted by Gasteiger charge is 2.20. The molecule has 6 heteroatoms. The molecule has 3 aromatic rings. The largest absolute Gasteiger partial charge is 0.367 e. The number of hydrogen-bond acceptors (Lipinski definition) is 4. The molecule has 4 rings (SSSR count). The van der Waals surface area contributed by atoms with Crippen molar-refractivity contribution in [2.75, 3.05) is 5.32 Å². The van der Waals surface area contributed by atoms with Crippen LogP contribution in [0.1, 0.15) is 32.1 Å². The Balaban J connectivity index is 1.81. The van der Waals surface area contributed by atoms with E-state index in [-0.39, 0.29) is 10.6 Å². The second-order valence-corrected chi connectivity index (χ2v) is 6.52. The molecule has 0 spiro atoms. The van der Waals surface area contributed by atoms with E-state index in [1.165, 1.54) is 25.3 Å². The average molecular weight is 336 g/mol. The number of rotatable bonds is 4. The van der Waals surface area contributed by atoms with Crippen molar-refractivity contribution in [3.63, 3.8) is 0 Å². The highest BCUT2D eigenvalue weighted by atomic mass is 16.6. The van der Waals surface area contributed by atoms with E-state index in [0.717, 1.165) is 35.6 Å². The maximum absolute atomic E-state index is 11.1. The van der Waals surface area contributed by atoms with E-state index in [1.54, 1.807) is 12.1 Å². The molecule has 1 N–H and O–H groups in total. The van der Waals surface area contributed by atoms with E-state index in [0.29, 0.717) is 6.04 Å². The van der Waals surface area contributed by atoms with Crippen molar-refractivity contribution in [3.05, 3.63) is 58.8 Å². The van der Waals surface area contributed by atoms with Gasteiger partial charge in [-0.3, -0.25) is 14.5 Å². The summed E-state index contributed by atoms with van der Waals surface area (Å²) in [5.74, 6) is 0.919. The first-order chi connectivity index (χ1) is 12.2. The van der Waals surface area contributed by atoms with Gasteiger partial charge in [0.1, 0.15) is 17.2 Å².